The van der Waals surface area contributed by atoms with Crippen LogP contribution < -0.4 is 14.8 Å². The Morgan fingerprint density at radius 3 is 2.65 bits per heavy atom. The van der Waals surface area contributed by atoms with Crippen LogP contribution in [0.2, 0.25) is 0 Å². The van der Waals surface area contributed by atoms with Crippen LogP contribution in [-0.2, 0) is 4.74 Å². The van der Waals surface area contributed by atoms with E-state index in [2.05, 4.69) is 20.3 Å². The van der Waals surface area contributed by atoms with E-state index in [-0.39, 0.29) is 0 Å². The summed E-state index contributed by atoms with van der Waals surface area (Å²) in [5.74, 6) is 0.889. The molecule has 1 unspecified atom stereocenters. The van der Waals surface area contributed by atoms with Crippen LogP contribution in [0.15, 0.2) is 0 Å². The molecule has 0 aromatic carbocycles. The van der Waals surface area contributed by atoms with Gasteiger partial charge in [-0.05, 0) is 19.8 Å². The highest BCUT2D eigenvalue weighted by Crippen LogP contribution is 2.16. The molecule has 0 radical (unpaired) electrons. The van der Waals surface area contributed by atoms with Crippen molar-refractivity contribution in [3.63, 3.8) is 0 Å². The molecule has 112 valence electrons. The number of anilines is 1. The predicted molar refractivity (Wildman–Crippen MR) is 74.2 cm³/mol. The molecule has 7 heteroatoms. The van der Waals surface area contributed by atoms with Gasteiger partial charge in [-0.2, -0.15) is 9.97 Å². The van der Waals surface area contributed by atoms with Crippen molar-refractivity contribution in [1.29, 1.82) is 0 Å². The van der Waals surface area contributed by atoms with Crippen LogP contribution in [0, 0.1) is 5.92 Å². The van der Waals surface area contributed by atoms with Gasteiger partial charge < -0.3 is 19.5 Å². The molecular formula is C13H22N4O3. The minimum atomic E-state index is 0.300. The summed E-state index contributed by atoms with van der Waals surface area (Å²) in [7, 11) is 0. The van der Waals surface area contributed by atoms with E-state index in [4.69, 9.17) is 14.2 Å². The van der Waals surface area contributed by atoms with Crippen molar-refractivity contribution in [2.75, 3.05) is 38.3 Å². The maximum atomic E-state index is 5.64. The van der Waals surface area contributed by atoms with Crippen molar-refractivity contribution >= 4 is 5.95 Å². The first-order valence-corrected chi connectivity index (χ1v) is 7.15. The molecule has 1 aliphatic rings. The lowest BCUT2D eigenvalue weighted by Crippen LogP contribution is -2.15. The second-order valence-corrected chi connectivity index (χ2v) is 4.64. The fourth-order valence-corrected chi connectivity index (χ4v) is 1.80. The lowest BCUT2D eigenvalue weighted by molar-refractivity contribution is 0.162. The standard InChI is InChI=1S/C13H22N4O3/c1-3-6-19-12-15-11(14-4-2)16-13(17-12)20-9-10-5-7-18-8-10/h10H,3-9H2,1-2H3,(H,14,15,16,17). The molecule has 1 saturated heterocycles. The number of rotatable bonds is 8. The molecule has 1 aliphatic heterocycles. The molecule has 0 amide bonds. The fourth-order valence-electron chi connectivity index (χ4n) is 1.80. The Balaban J connectivity index is 1.98. The quantitative estimate of drug-likeness (QED) is 0.774. The van der Waals surface area contributed by atoms with E-state index in [1.807, 2.05) is 13.8 Å². The smallest absolute Gasteiger partial charge is 0.324 e. The first-order valence-electron chi connectivity index (χ1n) is 7.15. The molecule has 1 aromatic rings. The van der Waals surface area contributed by atoms with Gasteiger partial charge in [0.2, 0.25) is 5.95 Å². The summed E-state index contributed by atoms with van der Waals surface area (Å²) in [5, 5.41) is 3.05. The predicted octanol–water partition coefficient (Wildman–Crippen LogP) is 1.51. The second-order valence-electron chi connectivity index (χ2n) is 4.64. The molecule has 20 heavy (non-hydrogen) atoms. The van der Waals surface area contributed by atoms with Gasteiger partial charge in [0.25, 0.3) is 0 Å². The molecule has 1 atom stereocenters. The van der Waals surface area contributed by atoms with E-state index in [9.17, 15) is 0 Å². The number of hydrogen-bond acceptors (Lipinski definition) is 7. The molecule has 2 rings (SSSR count). The van der Waals surface area contributed by atoms with Crippen molar-refractivity contribution < 1.29 is 14.2 Å². The zero-order valence-electron chi connectivity index (χ0n) is 12.1. The van der Waals surface area contributed by atoms with Crippen LogP contribution in [0.4, 0.5) is 5.95 Å². The van der Waals surface area contributed by atoms with E-state index < -0.39 is 0 Å². The van der Waals surface area contributed by atoms with Crippen LogP contribution >= 0.6 is 0 Å². The summed E-state index contributed by atoms with van der Waals surface area (Å²) in [6.45, 7) is 7.42. The average Bonchev–Trinajstić information content (AvgIpc) is 2.96. The van der Waals surface area contributed by atoms with Gasteiger partial charge in [-0.15, -0.1) is 4.98 Å². The van der Waals surface area contributed by atoms with E-state index in [1.54, 1.807) is 0 Å². The first kappa shape index (κ1) is 14.8. The van der Waals surface area contributed by atoms with Crippen LogP contribution in [-0.4, -0.2) is 47.9 Å². The van der Waals surface area contributed by atoms with Gasteiger partial charge in [0, 0.05) is 19.1 Å². The third-order valence-corrected chi connectivity index (χ3v) is 2.84. The van der Waals surface area contributed by atoms with E-state index in [1.165, 1.54) is 0 Å². The third-order valence-electron chi connectivity index (χ3n) is 2.84. The monoisotopic (exact) mass is 282 g/mol. The van der Waals surface area contributed by atoms with Crippen molar-refractivity contribution in [3.05, 3.63) is 0 Å². The number of aromatic nitrogens is 3. The van der Waals surface area contributed by atoms with E-state index in [0.29, 0.717) is 37.1 Å². The summed E-state index contributed by atoms with van der Waals surface area (Å²) in [6.07, 6.45) is 1.92. The SMILES string of the molecule is CCCOc1nc(NCC)nc(OCC2CCOC2)n1. The Bertz CT molecular complexity index is 411. The van der Waals surface area contributed by atoms with E-state index in [0.717, 1.165) is 32.6 Å². The Morgan fingerprint density at radius 2 is 2.00 bits per heavy atom. The van der Waals surface area contributed by atoms with Gasteiger partial charge >= 0.3 is 12.0 Å². The molecular weight excluding hydrogens is 260 g/mol. The highest BCUT2D eigenvalue weighted by molar-refractivity contribution is 5.27. The van der Waals surface area contributed by atoms with Gasteiger partial charge in [0.05, 0.1) is 19.8 Å². The minimum absolute atomic E-state index is 0.300. The normalized spacial score (nSPS) is 18.0. The molecule has 1 fully saturated rings. The molecule has 0 saturated carbocycles. The van der Waals surface area contributed by atoms with Crippen molar-refractivity contribution in [3.8, 4) is 12.0 Å². The zero-order chi connectivity index (χ0) is 14.2. The lowest BCUT2D eigenvalue weighted by Gasteiger charge is -2.11. The maximum absolute atomic E-state index is 5.64. The summed E-state index contributed by atoms with van der Waals surface area (Å²) in [6, 6.07) is 0.601. The Hall–Kier alpha value is -1.63. The van der Waals surface area contributed by atoms with Gasteiger partial charge in [0.15, 0.2) is 0 Å². The van der Waals surface area contributed by atoms with Crippen LogP contribution in [0.25, 0.3) is 0 Å². The molecule has 0 aliphatic carbocycles. The third kappa shape index (κ3) is 4.48. The van der Waals surface area contributed by atoms with Gasteiger partial charge in [0.1, 0.15) is 0 Å². The summed E-state index contributed by atoms with van der Waals surface area (Å²) < 4.78 is 16.4. The maximum Gasteiger partial charge on any atom is 0.324 e. The minimum Gasteiger partial charge on any atom is -0.463 e. The molecule has 1 aromatic heterocycles. The zero-order valence-corrected chi connectivity index (χ0v) is 12.1. The Kier molecular flexibility index (Phi) is 5.79. The Morgan fingerprint density at radius 1 is 1.20 bits per heavy atom. The van der Waals surface area contributed by atoms with Gasteiger partial charge in [-0.3, -0.25) is 0 Å². The largest absolute Gasteiger partial charge is 0.463 e. The van der Waals surface area contributed by atoms with Gasteiger partial charge in [-0.1, -0.05) is 6.92 Å². The highest BCUT2D eigenvalue weighted by Gasteiger charge is 2.17. The van der Waals surface area contributed by atoms with E-state index >= 15 is 0 Å². The summed E-state index contributed by atoms with van der Waals surface area (Å²) in [4.78, 5) is 12.6. The average molecular weight is 282 g/mol. The molecule has 1 N–H and O–H groups in total. The number of hydrogen-bond donors (Lipinski definition) is 1. The van der Waals surface area contributed by atoms with Gasteiger partial charge in [-0.25, -0.2) is 0 Å². The summed E-state index contributed by atoms with van der Waals surface area (Å²) >= 11 is 0. The van der Waals surface area contributed by atoms with Crippen LogP contribution in [0.1, 0.15) is 26.7 Å². The van der Waals surface area contributed by atoms with Crippen LogP contribution in [0.5, 0.6) is 12.0 Å². The fraction of sp³-hybridized carbons (Fsp3) is 0.769. The second kappa shape index (κ2) is 7.84. The number of ether oxygens (including phenoxy) is 3. The molecule has 0 bridgehead atoms. The molecule has 7 nitrogen and oxygen atoms in total. The summed E-state index contributed by atoms with van der Waals surface area (Å²) in [5.41, 5.74) is 0. The first-order chi connectivity index (χ1) is 9.81. The van der Waals surface area contributed by atoms with Crippen molar-refractivity contribution in [2.24, 2.45) is 5.92 Å². The van der Waals surface area contributed by atoms with Crippen molar-refractivity contribution in [1.82, 2.24) is 15.0 Å². The topological polar surface area (TPSA) is 78.4 Å². The highest BCUT2D eigenvalue weighted by atomic mass is 16.5. The van der Waals surface area contributed by atoms with Crippen LogP contribution in [0.3, 0.4) is 0 Å². The van der Waals surface area contributed by atoms with Crippen molar-refractivity contribution in [2.45, 2.75) is 26.7 Å². The molecule has 2 heterocycles. The number of nitrogens with zero attached hydrogens (tertiary/aromatic N) is 3. The Labute approximate surface area is 119 Å². The lowest BCUT2D eigenvalue weighted by atomic mass is 10.1. The molecule has 0 spiro atoms. The number of nitrogens with one attached hydrogen (secondary N) is 1.